The number of carbonyl (C=O) groups is 2. The van der Waals surface area contributed by atoms with E-state index in [2.05, 4.69) is 0 Å². The third kappa shape index (κ3) is 3.79. The molecule has 0 saturated carbocycles. The Morgan fingerprint density at radius 2 is 1.92 bits per heavy atom. The van der Waals surface area contributed by atoms with Crippen molar-refractivity contribution in [2.24, 2.45) is 0 Å². The lowest BCUT2D eigenvalue weighted by Crippen LogP contribution is -2.43. The van der Waals surface area contributed by atoms with Crippen LogP contribution in [0.2, 0.25) is 0 Å². The van der Waals surface area contributed by atoms with Gasteiger partial charge in [0.15, 0.2) is 0 Å². The second-order valence-electron chi connectivity index (χ2n) is 5.28. The summed E-state index contributed by atoms with van der Waals surface area (Å²) in [6.45, 7) is 0. The van der Waals surface area contributed by atoms with E-state index in [4.69, 9.17) is 6.42 Å². The summed E-state index contributed by atoms with van der Waals surface area (Å²) in [7, 11) is 1.37. The topological polar surface area (TPSA) is 57.6 Å². The molecule has 2 aromatic rings. The molecule has 2 rings (SSSR count). The molecule has 2 aromatic carbocycles. The van der Waals surface area contributed by atoms with Gasteiger partial charge in [0.1, 0.15) is 11.9 Å². The maximum absolute atomic E-state index is 13.7. The predicted molar refractivity (Wildman–Crippen MR) is 86.3 cm³/mol. The highest BCUT2D eigenvalue weighted by Gasteiger charge is 2.27. The number of halogens is 1. The van der Waals surface area contributed by atoms with Crippen LogP contribution < -0.4 is 0 Å². The highest BCUT2D eigenvalue weighted by Crippen LogP contribution is 2.15. The fourth-order valence-corrected chi connectivity index (χ4v) is 2.32. The molecule has 0 saturated heterocycles. The molecule has 4 nitrogen and oxygen atoms in total. The molecule has 0 aliphatic carbocycles. The van der Waals surface area contributed by atoms with Gasteiger partial charge in [0.25, 0.3) is 5.91 Å². The molecule has 0 bridgehead atoms. The number of rotatable bonds is 5. The van der Waals surface area contributed by atoms with Gasteiger partial charge in [-0.1, -0.05) is 30.3 Å². The molecule has 0 spiro atoms. The first-order valence-corrected chi connectivity index (χ1v) is 7.20. The van der Waals surface area contributed by atoms with Crippen molar-refractivity contribution < 1.29 is 19.1 Å². The molecule has 1 atom stereocenters. The van der Waals surface area contributed by atoms with Crippen LogP contribution in [0.4, 0.5) is 4.39 Å². The number of nitrogens with zero attached hydrogens (tertiary/aromatic N) is 1. The lowest BCUT2D eigenvalue weighted by atomic mass is 10.0. The fraction of sp³-hybridized carbons (Fsp3) is 0.158. The zero-order valence-corrected chi connectivity index (χ0v) is 13.0. The summed E-state index contributed by atoms with van der Waals surface area (Å²) in [4.78, 5) is 25.1. The zero-order valence-electron chi connectivity index (χ0n) is 13.0. The van der Waals surface area contributed by atoms with Crippen molar-refractivity contribution in [2.75, 3.05) is 7.05 Å². The van der Waals surface area contributed by atoms with Crippen LogP contribution in [0.3, 0.4) is 0 Å². The van der Waals surface area contributed by atoms with E-state index < -0.39 is 23.7 Å². The van der Waals surface area contributed by atoms with Gasteiger partial charge in [-0.05, 0) is 36.1 Å². The molecule has 0 aliphatic rings. The van der Waals surface area contributed by atoms with Crippen LogP contribution in [0.25, 0.3) is 0 Å². The standard InChI is InChI=1S/C19H15FNO3/c1-3-14-9-10-15(12-16(14)20)18(22)21(2)17(19(23)24)11-13-7-5-4-6-8-13/h4-10,12,17H,11H2,2H3,(H,23,24)/t17-/m0/s1. The number of aliphatic carboxylic acids is 1. The van der Waals surface area contributed by atoms with Crippen molar-refractivity contribution in [3.63, 3.8) is 0 Å². The number of amides is 1. The zero-order chi connectivity index (χ0) is 17.7. The van der Waals surface area contributed by atoms with E-state index in [1.807, 2.05) is 12.0 Å². The smallest absolute Gasteiger partial charge is 0.326 e. The SMILES string of the molecule is [C]#Cc1ccc(C(=O)N(C)[C@@H](Cc2ccccc2)C(=O)O)cc1F. The van der Waals surface area contributed by atoms with E-state index in [-0.39, 0.29) is 17.5 Å². The number of carboxylic acids is 1. The number of likely N-dealkylation sites (N-methyl/N-ethyl adjacent to an activating group) is 1. The number of carbonyl (C=O) groups excluding carboxylic acids is 1. The van der Waals surface area contributed by atoms with Crippen molar-refractivity contribution in [2.45, 2.75) is 12.5 Å². The molecule has 0 fully saturated rings. The summed E-state index contributed by atoms with van der Waals surface area (Å²) in [5, 5.41) is 9.43. The van der Waals surface area contributed by atoms with E-state index in [0.717, 1.165) is 16.5 Å². The molecule has 0 heterocycles. The van der Waals surface area contributed by atoms with Crippen LogP contribution in [0.15, 0.2) is 48.5 Å². The normalized spacial score (nSPS) is 11.4. The van der Waals surface area contributed by atoms with E-state index in [0.29, 0.717) is 0 Å². The highest BCUT2D eigenvalue weighted by molar-refractivity contribution is 5.96. The average molecular weight is 324 g/mol. The Labute approximate surface area is 139 Å². The van der Waals surface area contributed by atoms with Gasteiger partial charge in [0, 0.05) is 19.0 Å². The second-order valence-corrected chi connectivity index (χ2v) is 5.28. The minimum absolute atomic E-state index is 0.0216. The molecule has 0 aromatic heterocycles. The van der Waals surface area contributed by atoms with E-state index >= 15 is 0 Å². The number of hydrogen-bond donors (Lipinski definition) is 1. The lowest BCUT2D eigenvalue weighted by Gasteiger charge is -2.25. The van der Waals surface area contributed by atoms with Gasteiger partial charge in [0.2, 0.25) is 0 Å². The Morgan fingerprint density at radius 1 is 1.25 bits per heavy atom. The maximum Gasteiger partial charge on any atom is 0.326 e. The molecule has 1 N–H and O–H groups in total. The van der Waals surface area contributed by atoms with Crippen LogP contribution in [-0.4, -0.2) is 35.0 Å². The highest BCUT2D eigenvalue weighted by atomic mass is 19.1. The van der Waals surface area contributed by atoms with Gasteiger partial charge in [0.05, 0.1) is 5.56 Å². The summed E-state index contributed by atoms with van der Waals surface area (Å²) < 4.78 is 13.7. The van der Waals surface area contributed by atoms with Crippen molar-refractivity contribution in [3.8, 4) is 5.92 Å². The number of benzene rings is 2. The van der Waals surface area contributed by atoms with Crippen molar-refractivity contribution in [3.05, 3.63) is 77.5 Å². The molecule has 1 amide bonds. The number of hydrogen-bond acceptors (Lipinski definition) is 2. The molecule has 5 heteroatoms. The predicted octanol–water partition coefficient (Wildman–Crippen LogP) is 2.53. The molecule has 0 aliphatic heterocycles. The van der Waals surface area contributed by atoms with Crippen LogP contribution >= 0.6 is 0 Å². The Hall–Kier alpha value is -3.13. The minimum atomic E-state index is -1.14. The Bertz CT molecular complexity index is 796. The third-order valence-electron chi connectivity index (χ3n) is 3.70. The average Bonchev–Trinajstić information content (AvgIpc) is 2.59. The van der Waals surface area contributed by atoms with Gasteiger partial charge < -0.3 is 10.0 Å². The van der Waals surface area contributed by atoms with Crippen LogP contribution in [-0.2, 0) is 11.2 Å². The Balaban J connectivity index is 2.24. The fourth-order valence-electron chi connectivity index (χ4n) is 2.32. The molecule has 0 unspecified atom stereocenters. The monoisotopic (exact) mass is 324 g/mol. The summed E-state index contributed by atoms with van der Waals surface area (Å²) in [5.74, 6) is -0.573. The van der Waals surface area contributed by atoms with Crippen molar-refractivity contribution in [1.82, 2.24) is 4.90 Å². The molecule has 24 heavy (non-hydrogen) atoms. The van der Waals surface area contributed by atoms with E-state index in [1.165, 1.54) is 19.2 Å². The largest absolute Gasteiger partial charge is 0.480 e. The second kappa shape index (κ2) is 7.42. The minimum Gasteiger partial charge on any atom is -0.480 e. The van der Waals surface area contributed by atoms with Crippen molar-refractivity contribution >= 4 is 11.9 Å². The molecular formula is C19H15FNO3. The molecule has 121 valence electrons. The lowest BCUT2D eigenvalue weighted by molar-refractivity contribution is -0.141. The Kier molecular flexibility index (Phi) is 5.33. The first kappa shape index (κ1) is 17.2. The third-order valence-corrected chi connectivity index (χ3v) is 3.70. The maximum atomic E-state index is 13.7. The first-order valence-electron chi connectivity index (χ1n) is 7.20. The van der Waals surface area contributed by atoms with Crippen LogP contribution in [0, 0.1) is 18.2 Å². The van der Waals surface area contributed by atoms with Gasteiger partial charge in [-0.3, -0.25) is 4.79 Å². The first-order chi connectivity index (χ1) is 11.4. The summed E-state index contributed by atoms with van der Waals surface area (Å²) in [6, 6.07) is 11.5. The summed E-state index contributed by atoms with van der Waals surface area (Å²) >= 11 is 0. The summed E-state index contributed by atoms with van der Waals surface area (Å²) in [6.07, 6.45) is 7.08. The summed E-state index contributed by atoms with van der Waals surface area (Å²) in [5.41, 5.74) is 0.742. The van der Waals surface area contributed by atoms with E-state index in [9.17, 15) is 19.1 Å². The number of carboxylic acid groups (broad SMARTS) is 1. The molecule has 1 radical (unpaired) electrons. The van der Waals surface area contributed by atoms with Gasteiger partial charge in [-0.25, -0.2) is 9.18 Å². The molecular weight excluding hydrogens is 309 g/mol. The van der Waals surface area contributed by atoms with Crippen LogP contribution in [0.5, 0.6) is 0 Å². The van der Waals surface area contributed by atoms with Gasteiger partial charge in [-0.15, -0.1) is 0 Å². The Morgan fingerprint density at radius 3 is 2.46 bits per heavy atom. The van der Waals surface area contributed by atoms with Gasteiger partial charge in [-0.2, -0.15) is 0 Å². The quantitative estimate of drug-likeness (QED) is 0.860. The van der Waals surface area contributed by atoms with E-state index in [1.54, 1.807) is 24.3 Å². The van der Waals surface area contributed by atoms with Crippen molar-refractivity contribution in [1.29, 1.82) is 0 Å². The van der Waals surface area contributed by atoms with Crippen LogP contribution in [0.1, 0.15) is 21.5 Å². The van der Waals surface area contributed by atoms with Gasteiger partial charge >= 0.3 is 5.97 Å².